The van der Waals surface area contributed by atoms with Crippen molar-refractivity contribution >= 4 is 34.3 Å². The van der Waals surface area contributed by atoms with Crippen molar-refractivity contribution in [1.82, 2.24) is 4.98 Å². The molecule has 1 atom stereocenters. The molecule has 1 aromatic rings. The Morgan fingerprint density at radius 3 is 2.62 bits per heavy atom. The van der Waals surface area contributed by atoms with Crippen LogP contribution in [0.3, 0.4) is 0 Å². The lowest BCUT2D eigenvalue weighted by molar-refractivity contribution is -0.138. The maximum absolute atomic E-state index is 11.8. The van der Waals surface area contributed by atoms with Crippen molar-refractivity contribution in [2.24, 2.45) is 5.92 Å². The molecular weight excluding hydrogens is 296 g/mol. The van der Waals surface area contributed by atoms with E-state index in [9.17, 15) is 14.4 Å². The summed E-state index contributed by atoms with van der Waals surface area (Å²) in [5.41, 5.74) is 0.493. The van der Waals surface area contributed by atoms with E-state index in [4.69, 9.17) is 9.84 Å². The first-order valence-corrected chi connectivity index (χ1v) is 7.31. The van der Waals surface area contributed by atoms with Gasteiger partial charge in [-0.05, 0) is 19.8 Å². The van der Waals surface area contributed by atoms with E-state index in [0.29, 0.717) is 15.7 Å². The molecule has 7 nitrogen and oxygen atoms in total. The average Bonchev–Trinajstić information content (AvgIpc) is 2.68. The Morgan fingerprint density at radius 2 is 2.05 bits per heavy atom. The molecule has 0 aliphatic rings. The summed E-state index contributed by atoms with van der Waals surface area (Å²) >= 11 is 1.04. The van der Waals surface area contributed by atoms with Crippen LogP contribution in [0.5, 0.6) is 0 Å². The molecule has 0 spiro atoms. The molecule has 0 aromatic carbocycles. The predicted octanol–water partition coefficient (Wildman–Crippen LogP) is 2.07. The summed E-state index contributed by atoms with van der Waals surface area (Å²) in [6.07, 6.45) is 0.0120. The first-order valence-electron chi connectivity index (χ1n) is 6.49. The van der Waals surface area contributed by atoms with Crippen LogP contribution >= 0.6 is 11.3 Å². The Labute approximate surface area is 126 Å². The van der Waals surface area contributed by atoms with Gasteiger partial charge in [-0.1, -0.05) is 18.3 Å². The fourth-order valence-electron chi connectivity index (χ4n) is 1.69. The van der Waals surface area contributed by atoms with E-state index in [0.717, 1.165) is 11.3 Å². The van der Waals surface area contributed by atoms with Gasteiger partial charge in [0.2, 0.25) is 5.91 Å². The molecule has 0 aliphatic carbocycles. The fourth-order valence-corrected chi connectivity index (χ4v) is 2.57. The highest BCUT2D eigenvalue weighted by atomic mass is 32.1. The summed E-state index contributed by atoms with van der Waals surface area (Å²) in [5.74, 6) is -2.00. The van der Waals surface area contributed by atoms with E-state index >= 15 is 0 Å². The van der Waals surface area contributed by atoms with Crippen molar-refractivity contribution in [2.45, 2.75) is 33.6 Å². The van der Waals surface area contributed by atoms with Gasteiger partial charge in [0.1, 0.15) is 4.88 Å². The molecule has 1 heterocycles. The maximum Gasteiger partial charge on any atom is 0.350 e. The zero-order valence-electron chi connectivity index (χ0n) is 12.1. The van der Waals surface area contributed by atoms with Crippen LogP contribution in [-0.4, -0.2) is 34.5 Å². The average molecular weight is 314 g/mol. The van der Waals surface area contributed by atoms with Gasteiger partial charge in [-0.3, -0.25) is 9.59 Å². The number of thiazole rings is 1. The van der Waals surface area contributed by atoms with Crippen LogP contribution in [0.4, 0.5) is 5.13 Å². The maximum atomic E-state index is 11.8. The highest BCUT2D eigenvalue weighted by molar-refractivity contribution is 7.17. The Balaban J connectivity index is 2.63. The van der Waals surface area contributed by atoms with E-state index in [1.54, 1.807) is 20.8 Å². The molecular formula is C13H18N2O5S. The van der Waals surface area contributed by atoms with Crippen molar-refractivity contribution in [3.8, 4) is 0 Å². The van der Waals surface area contributed by atoms with Crippen LogP contribution in [-0.2, 0) is 14.3 Å². The number of nitrogens with one attached hydrogen (secondary N) is 1. The minimum Gasteiger partial charge on any atom is -0.481 e. The molecule has 0 saturated heterocycles. The van der Waals surface area contributed by atoms with Crippen LogP contribution in [0.1, 0.15) is 42.1 Å². The SMILES string of the molecule is CCOC(=O)c1sc(NC(=O)C[C@H](C)CC(=O)O)nc1C. The molecule has 0 aliphatic heterocycles. The Bertz CT molecular complexity index is 541. The number of aliphatic carboxylic acids is 1. The molecule has 116 valence electrons. The summed E-state index contributed by atoms with van der Waals surface area (Å²) < 4.78 is 4.89. The van der Waals surface area contributed by atoms with Gasteiger partial charge in [-0.15, -0.1) is 0 Å². The molecule has 2 N–H and O–H groups in total. The summed E-state index contributed by atoms with van der Waals surface area (Å²) in [4.78, 5) is 38.4. The molecule has 0 fully saturated rings. The topological polar surface area (TPSA) is 106 Å². The van der Waals surface area contributed by atoms with Gasteiger partial charge in [-0.25, -0.2) is 9.78 Å². The van der Waals surface area contributed by atoms with Crippen LogP contribution in [0, 0.1) is 12.8 Å². The summed E-state index contributed by atoms with van der Waals surface area (Å²) in [5, 5.41) is 11.5. The first kappa shape index (κ1) is 17.1. The Hall–Kier alpha value is -1.96. The molecule has 8 heteroatoms. The van der Waals surface area contributed by atoms with Gasteiger partial charge in [0, 0.05) is 12.8 Å². The van der Waals surface area contributed by atoms with E-state index in [1.165, 1.54) is 0 Å². The van der Waals surface area contributed by atoms with Crippen LogP contribution < -0.4 is 5.32 Å². The minimum atomic E-state index is -0.940. The fraction of sp³-hybridized carbons (Fsp3) is 0.538. The minimum absolute atomic E-state index is 0.0710. The third-order valence-corrected chi connectivity index (χ3v) is 3.61. The Morgan fingerprint density at radius 1 is 1.38 bits per heavy atom. The van der Waals surface area contributed by atoms with Gasteiger partial charge in [0.15, 0.2) is 5.13 Å². The number of rotatable bonds is 7. The van der Waals surface area contributed by atoms with Crippen molar-refractivity contribution in [3.05, 3.63) is 10.6 Å². The molecule has 0 bridgehead atoms. The summed E-state index contributed by atoms with van der Waals surface area (Å²) in [6, 6.07) is 0. The van der Waals surface area contributed by atoms with E-state index in [-0.39, 0.29) is 31.3 Å². The second kappa shape index (κ2) is 7.72. The predicted molar refractivity (Wildman–Crippen MR) is 77.5 cm³/mol. The number of carbonyl (C=O) groups excluding carboxylic acids is 2. The lowest BCUT2D eigenvalue weighted by atomic mass is 10.0. The third-order valence-electron chi connectivity index (χ3n) is 2.56. The molecule has 1 rings (SSSR count). The van der Waals surface area contributed by atoms with Gasteiger partial charge >= 0.3 is 11.9 Å². The second-order valence-electron chi connectivity index (χ2n) is 4.61. The zero-order valence-corrected chi connectivity index (χ0v) is 13.0. The van der Waals surface area contributed by atoms with Crippen LogP contribution in [0.25, 0.3) is 0 Å². The lowest BCUT2D eigenvalue weighted by Gasteiger charge is -2.07. The Kier molecular flexibility index (Phi) is 6.29. The molecule has 0 saturated carbocycles. The van der Waals surface area contributed by atoms with Crippen molar-refractivity contribution in [2.75, 3.05) is 11.9 Å². The van der Waals surface area contributed by atoms with Crippen LogP contribution in [0.2, 0.25) is 0 Å². The van der Waals surface area contributed by atoms with Gasteiger partial charge in [0.05, 0.1) is 12.3 Å². The van der Waals surface area contributed by atoms with Crippen molar-refractivity contribution in [1.29, 1.82) is 0 Å². The monoisotopic (exact) mass is 314 g/mol. The molecule has 21 heavy (non-hydrogen) atoms. The number of carbonyl (C=O) groups is 3. The number of anilines is 1. The number of hydrogen-bond donors (Lipinski definition) is 2. The largest absolute Gasteiger partial charge is 0.481 e. The van der Waals surface area contributed by atoms with Crippen molar-refractivity contribution in [3.63, 3.8) is 0 Å². The third kappa shape index (κ3) is 5.50. The van der Waals surface area contributed by atoms with Gasteiger partial charge in [0.25, 0.3) is 0 Å². The van der Waals surface area contributed by atoms with Gasteiger partial charge < -0.3 is 15.2 Å². The first-order chi connectivity index (χ1) is 9.83. The quantitative estimate of drug-likeness (QED) is 0.746. The number of esters is 1. The second-order valence-corrected chi connectivity index (χ2v) is 5.61. The number of hydrogen-bond acceptors (Lipinski definition) is 6. The zero-order chi connectivity index (χ0) is 16.0. The van der Waals surface area contributed by atoms with Crippen molar-refractivity contribution < 1.29 is 24.2 Å². The molecule has 0 radical (unpaired) electrons. The summed E-state index contributed by atoms with van der Waals surface area (Å²) in [7, 11) is 0. The lowest BCUT2D eigenvalue weighted by Crippen LogP contribution is -2.16. The van der Waals surface area contributed by atoms with E-state index < -0.39 is 11.9 Å². The number of aromatic nitrogens is 1. The number of ether oxygens (including phenoxy) is 1. The highest BCUT2D eigenvalue weighted by Crippen LogP contribution is 2.24. The van der Waals surface area contributed by atoms with E-state index in [2.05, 4.69) is 10.3 Å². The molecule has 0 unspecified atom stereocenters. The summed E-state index contributed by atoms with van der Waals surface area (Å²) in [6.45, 7) is 5.32. The number of carboxylic acid groups (broad SMARTS) is 1. The van der Waals surface area contributed by atoms with E-state index in [1.807, 2.05) is 0 Å². The van der Waals surface area contributed by atoms with Gasteiger partial charge in [-0.2, -0.15) is 0 Å². The number of amides is 1. The normalized spacial score (nSPS) is 11.8. The molecule has 1 aromatic heterocycles. The van der Waals surface area contributed by atoms with Crippen LogP contribution in [0.15, 0.2) is 0 Å². The number of nitrogens with zero attached hydrogens (tertiary/aromatic N) is 1. The smallest absolute Gasteiger partial charge is 0.350 e. The molecule has 1 amide bonds. The standard InChI is InChI=1S/C13H18N2O5S/c1-4-20-12(19)11-8(3)14-13(21-11)15-9(16)5-7(2)6-10(17)18/h7H,4-6H2,1-3H3,(H,17,18)(H,14,15,16)/t7-/m0/s1. The highest BCUT2D eigenvalue weighted by Gasteiger charge is 2.18. The number of carboxylic acids is 1. The number of aryl methyl sites for hydroxylation is 1.